The van der Waals surface area contributed by atoms with Gasteiger partial charge in [-0.05, 0) is 43.7 Å². The summed E-state index contributed by atoms with van der Waals surface area (Å²) in [7, 11) is -3.86. The van der Waals surface area contributed by atoms with Crippen LogP contribution in [0.15, 0.2) is 35.2 Å². The number of pyridine rings is 1. The summed E-state index contributed by atoms with van der Waals surface area (Å²) in [6.07, 6.45) is 0. The number of nitrogens with one attached hydrogen (secondary N) is 1. The van der Waals surface area contributed by atoms with Crippen LogP contribution in [0.3, 0.4) is 0 Å². The number of anilines is 1. The fraction of sp³-hybridized carbons (Fsp3) is 0.154. The largest absolute Gasteiger partial charge is 0.278 e. The van der Waals surface area contributed by atoms with Gasteiger partial charge in [-0.25, -0.2) is 17.8 Å². The number of rotatable bonds is 3. The van der Waals surface area contributed by atoms with Crippen LogP contribution in [0.25, 0.3) is 0 Å². The lowest BCUT2D eigenvalue weighted by atomic mass is 10.2. The normalized spacial score (nSPS) is 11.4. The predicted molar refractivity (Wildman–Crippen MR) is 75.9 cm³/mol. The Hall–Kier alpha value is -1.66. The Labute approximate surface area is 121 Å². The minimum absolute atomic E-state index is 0.144. The van der Waals surface area contributed by atoms with E-state index in [0.29, 0.717) is 16.9 Å². The van der Waals surface area contributed by atoms with E-state index < -0.39 is 15.8 Å². The number of aryl methyl sites for hydroxylation is 2. The van der Waals surface area contributed by atoms with Gasteiger partial charge in [-0.3, -0.25) is 4.72 Å². The van der Waals surface area contributed by atoms with E-state index in [2.05, 4.69) is 9.71 Å². The summed E-state index contributed by atoms with van der Waals surface area (Å²) in [4.78, 5) is 3.80. The second kappa shape index (κ2) is 5.38. The number of halogens is 2. The maximum atomic E-state index is 13.5. The van der Waals surface area contributed by atoms with Crippen molar-refractivity contribution in [1.29, 1.82) is 0 Å². The van der Waals surface area contributed by atoms with Crippen LogP contribution in [-0.2, 0) is 10.0 Å². The first-order valence-electron chi connectivity index (χ1n) is 5.72. The average molecular weight is 315 g/mol. The van der Waals surface area contributed by atoms with Crippen LogP contribution in [0.5, 0.6) is 0 Å². The van der Waals surface area contributed by atoms with Crippen LogP contribution in [0.4, 0.5) is 10.1 Å². The van der Waals surface area contributed by atoms with E-state index in [1.54, 1.807) is 13.8 Å². The summed E-state index contributed by atoms with van der Waals surface area (Å²) >= 11 is 5.71. The lowest BCUT2D eigenvalue weighted by Crippen LogP contribution is -2.14. The zero-order chi connectivity index (χ0) is 14.9. The van der Waals surface area contributed by atoms with Gasteiger partial charge in [0, 0.05) is 0 Å². The molecule has 1 aromatic carbocycles. The fourth-order valence-electron chi connectivity index (χ4n) is 1.58. The second-order valence-electron chi connectivity index (χ2n) is 4.28. The highest BCUT2D eigenvalue weighted by molar-refractivity contribution is 7.92. The van der Waals surface area contributed by atoms with E-state index in [-0.39, 0.29) is 10.0 Å². The summed E-state index contributed by atoms with van der Waals surface area (Å²) in [5, 5.41) is 0.270. The van der Waals surface area contributed by atoms with Crippen molar-refractivity contribution in [2.45, 2.75) is 18.7 Å². The van der Waals surface area contributed by atoms with Gasteiger partial charge in [-0.15, -0.1) is 0 Å². The molecular formula is C13H12ClFN2O2S. The highest BCUT2D eigenvalue weighted by Gasteiger charge is 2.17. The lowest BCUT2D eigenvalue weighted by molar-refractivity contribution is 0.593. The van der Waals surface area contributed by atoms with E-state index in [4.69, 9.17) is 11.6 Å². The number of hydrogen-bond acceptors (Lipinski definition) is 3. The van der Waals surface area contributed by atoms with Crippen LogP contribution in [0, 0.1) is 19.7 Å². The van der Waals surface area contributed by atoms with Crippen LogP contribution >= 0.6 is 11.6 Å². The molecule has 106 valence electrons. The first kappa shape index (κ1) is 14.7. The van der Waals surface area contributed by atoms with Gasteiger partial charge in [0.05, 0.1) is 16.3 Å². The maximum absolute atomic E-state index is 13.5. The second-order valence-corrected chi connectivity index (χ2v) is 6.35. The molecule has 0 bridgehead atoms. The Morgan fingerprint density at radius 3 is 2.50 bits per heavy atom. The molecule has 1 heterocycles. The highest BCUT2D eigenvalue weighted by atomic mass is 35.5. The van der Waals surface area contributed by atoms with E-state index in [1.807, 2.05) is 0 Å². The molecule has 0 atom stereocenters. The van der Waals surface area contributed by atoms with Crippen LogP contribution < -0.4 is 4.72 Å². The van der Waals surface area contributed by atoms with E-state index in [0.717, 1.165) is 6.07 Å². The number of sulfonamides is 1. The molecule has 0 saturated carbocycles. The molecule has 0 fully saturated rings. The van der Waals surface area contributed by atoms with Crippen molar-refractivity contribution in [3.8, 4) is 0 Å². The maximum Gasteiger partial charge on any atom is 0.262 e. The van der Waals surface area contributed by atoms with Crippen LogP contribution in [0.1, 0.15) is 11.3 Å². The molecule has 0 aliphatic heterocycles. The minimum Gasteiger partial charge on any atom is -0.278 e. The number of hydrogen-bond donors (Lipinski definition) is 1. The van der Waals surface area contributed by atoms with Crippen LogP contribution in [0.2, 0.25) is 5.15 Å². The van der Waals surface area contributed by atoms with Gasteiger partial charge in [-0.2, -0.15) is 0 Å². The molecule has 0 radical (unpaired) electrons. The zero-order valence-electron chi connectivity index (χ0n) is 10.8. The predicted octanol–water partition coefficient (Wildman–Crippen LogP) is 3.29. The van der Waals surface area contributed by atoms with E-state index in [9.17, 15) is 12.8 Å². The summed E-state index contributed by atoms with van der Waals surface area (Å²) in [5.41, 5.74) is 1.12. The van der Waals surface area contributed by atoms with Gasteiger partial charge in [0.2, 0.25) is 0 Å². The van der Waals surface area contributed by atoms with Crippen LogP contribution in [-0.4, -0.2) is 13.4 Å². The summed E-state index contributed by atoms with van der Waals surface area (Å²) in [6.45, 7) is 3.19. The lowest BCUT2D eigenvalue weighted by Gasteiger charge is -2.10. The van der Waals surface area contributed by atoms with Gasteiger partial charge >= 0.3 is 0 Å². The molecule has 0 aliphatic carbocycles. The van der Waals surface area contributed by atoms with Gasteiger partial charge in [0.1, 0.15) is 11.0 Å². The van der Waals surface area contributed by atoms with Crippen molar-refractivity contribution in [2.75, 3.05) is 4.72 Å². The van der Waals surface area contributed by atoms with E-state index >= 15 is 0 Å². The molecule has 0 amide bonds. The van der Waals surface area contributed by atoms with Crippen molar-refractivity contribution < 1.29 is 12.8 Å². The minimum atomic E-state index is -3.86. The molecule has 4 nitrogen and oxygen atoms in total. The SMILES string of the molecule is Cc1ccc(S(=O)(=O)Nc2ccc(Cl)nc2C)cc1F. The van der Waals surface area contributed by atoms with Crippen molar-refractivity contribution in [3.05, 3.63) is 52.6 Å². The molecule has 0 saturated heterocycles. The molecule has 7 heteroatoms. The Morgan fingerprint density at radius 1 is 1.20 bits per heavy atom. The standard InChI is InChI=1S/C13H12ClFN2O2S/c1-8-3-4-10(7-11(8)15)20(18,19)17-12-5-6-13(14)16-9(12)2/h3-7,17H,1-2H3. The highest BCUT2D eigenvalue weighted by Crippen LogP contribution is 2.21. The topological polar surface area (TPSA) is 59.1 Å². The molecule has 0 spiro atoms. The molecule has 1 N–H and O–H groups in total. The van der Waals surface area contributed by atoms with Crippen molar-refractivity contribution in [2.24, 2.45) is 0 Å². The number of nitrogens with zero attached hydrogens (tertiary/aromatic N) is 1. The molecule has 20 heavy (non-hydrogen) atoms. The number of aromatic nitrogens is 1. The third kappa shape index (κ3) is 3.08. The fourth-order valence-corrected chi connectivity index (χ4v) is 2.90. The van der Waals surface area contributed by atoms with Crippen molar-refractivity contribution in [3.63, 3.8) is 0 Å². The Bertz CT molecular complexity index is 763. The van der Waals surface area contributed by atoms with E-state index in [1.165, 1.54) is 24.3 Å². The van der Waals surface area contributed by atoms with Gasteiger partial charge in [-0.1, -0.05) is 17.7 Å². The van der Waals surface area contributed by atoms with Gasteiger partial charge in [0.15, 0.2) is 0 Å². The molecule has 1 aromatic heterocycles. The first-order valence-corrected chi connectivity index (χ1v) is 7.58. The van der Waals surface area contributed by atoms with Crippen molar-refractivity contribution >= 4 is 27.3 Å². The molecule has 0 unspecified atom stereocenters. The number of benzene rings is 1. The monoisotopic (exact) mass is 314 g/mol. The Morgan fingerprint density at radius 2 is 1.90 bits per heavy atom. The molecule has 2 aromatic rings. The summed E-state index contributed by atoms with van der Waals surface area (Å²) < 4.78 is 40.1. The summed E-state index contributed by atoms with van der Waals surface area (Å²) in [6, 6.07) is 6.72. The average Bonchev–Trinajstić information content (AvgIpc) is 2.36. The zero-order valence-corrected chi connectivity index (χ0v) is 12.4. The Kier molecular flexibility index (Phi) is 3.96. The van der Waals surface area contributed by atoms with Gasteiger partial charge < -0.3 is 0 Å². The summed E-state index contributed by atoms with van der Waals surface area (Å²) in [5.74, 6) is -0.571. The Balaban J connectivity index is 2.38. The third-order valence-electron chi connectivity index (χ3n) is 2.75. The smallest absolute Gasteiger partial charge is 0.262 e. The molecular weight excluding hydrogens is 303 g/mol. The molecule has 2 rings (SSSR count). The molecule has 0 aliphatic rings. The van der Waals surface area contributed by atoms with Crippen molar-refractivity contribution in [1.82, 2.24) is 4.98 Å². The quantitative estimate of drug-likeness (QED) is 0.884. The third-order valence-corrected chi connectivity index (χ3v) is 4.32. The van der Waals surface area contributed by atoms with Gasteiger partial charge in [0.25, 0.3) is 10.0 Å². The first-order chi connectivity index (χ1) is 9.29.